The fourth-order valence-corrected chi connectivity index (χ4v) is 6.37. The van der Waals surface area contributed by atoms with Crippen LogP contribution in [0.15, 0.2) is 78.9 Å². The van der Waals surface area contributed by atoms with E-state index in [1.54, 1.807) is 26.0 Å². The molecule has 0 aliphatic heterocycles. The minimum atomic E-state index is -1.05. The summed E-state index contributed by atoms with van der Waals surface area (Å²) in [5.41, 5.74) is 3.46. The third kappa shape index (κ3) is 13.0. The van der Waals surface area contributed by atoms with Gasteiger partial charge in [-0.3, -0.25) is 14.4 Å². The highest BCUT2D eigenvalue weighted by Gasteiger charge is 2.28. The molecule has 10 heteroatoms. The molecular weight excluding hydrogens is 646 g/mol. The zero-order chi connectivity index (χ0) is 36.4. The molecule has 272 valence electrons. The number of hydrogen-bond donors (Lipinski definition) is 3. The van der Waals surface area contributed by atoms with E-state index in [4.69, 9.17) is 9.47 Å². The Morgan fingerprint density at radius 1 is 0.706 bits per heavy atom. The summed E-state index contributed by atoms with van der Waals surface area (Å²) in [5, 5.41) is 8.54. The van der Waals surface area contributed by atoms with Gasteiger partial charge in [0.05, 0.1) is 11.6 Å². The molecule has 0 saturated heterocycles. The molecule has 3 N–H and O–H groups in total. The highest BCUT2D eigenvalue weighted by Crippen LogP contribution is 2.23. The zero-order valence-corrected chi connectivity index (χ0v) is 29.8. The molecule has 3 aromatic carbocycles. The molecule has 1 fully saturated rings. The Bertz CT molecular complexity index is 1570. The van der Waals surface area contributed by atoms with Crippen molar-refractivity contribution < 1.29 is 33.4 Å². The quantitative estimate of drug-likeness (QED) is 0.0854. The molecule has 10 nitrogen and oxygen atoms in total. The lowest BCUT2D eigenvalue weighted by Gasteiger charge is -2.23. The molecule has 1 aliphatic carbocycles. The van der Waals surface area contributed by atoms with E-state index < -0.39 is 42.4 Å². The first kappa shape index (κ1) is 38.8. The highest BCUT2D eigenvalue weighted by atomic mass is 16.5. The molecule has 0 spiro atoms. The number of aryl methyl sites for hydroxylation is 2. The maximum absolute atomic E-state index is 13.8. The van der Waals surface area contributed by atoms with Crippen LogP contribution in [0.5, 0.6) is 0 Å². The van der Waals surface area contributed by atoms with Crippen molar-refractivity contribution in [1.29, 1.82) is 0 Å². The van der Waals surface area contributed by atoms with Gasteiger partial charge >= 0.3 is 12.1 Å². The van der Waals surface area contributed by atoms with Gasteiger partial charge in [0.2, 0.25) is 11.8 Å². The Hall–Kier alpha value is -4.99. The number of carbonyl (C=O) groups excluding carboxylic acids is 5. The Kier molecular flexibility index (Phi) is 15.7. The second-order valence-corrected chi connectivity index (χ2v) is 13.3. The minimum absolute atomic E-state index is 0.0243. The average molecular weight is 698 g/mol. The molecule has 3 amide bonds. The Balaban J connectivity index is 1.41. The maximum Gasteiger partial charge on any atom is 0.408 e. The standard InChI is InChI=1S/C41H51N3O7/c1-29-16-15-17-30(2)37(29)40(48)50-28-36(45)34(24-13-14-25-42-38(46)33-22-11-3-4-12-23-33)43-39(47)35(26-31-18-7-5-8-19-31)44-41(49)51-27-32-20-9-6-10-21-32/h5-10,15-21,33-35H,3-4,11-14,22-28H2,1-2H3,(H,42,46)(H,43,47)(H,44,49)/t34-,35-/m1/s1. The van der Waals surface area contributed by atoms with Crippen LogP contribution in [-0.2, 0) is 36.9 Å². The van der Waals surface area contributed by atoms with E-state index in [0.717, 1.165) is 47.9 Å². The molecular formula is C41H51N3O7. The number of hydrogen-bond acceptors (Lipinski definition) is 7. The molecule has 1 aliphatic rings. The molecule has 0 aromatic heterocycles. The number of ether oxygens (including phenoxy) is 2. The van der Waals surface area contributed by atoms with Crippen molar-refractivity contribution in [3.63, 3.8) is 0 Å². The van der Waals surface area contributed by atoms with Gasteiger partial charge in [0, 0.05) is 18.9 Å². The highest BCUT2D eigenvalue weighted by molar-refractivity contribution is 5.96. The Labute approximate surface area is 301 Å². The van der Waals surface area contributed by atoms with E-state index in [0.29, 0.717) is 24.9 Å². The SMILES string of the molecule is Cc1cccc(C)c1C(=O)OCC(=O)[C@@H](CCCCNC(=O)C1CCCCCC1)NC(=O)[C@@H](Cc1ccccc1)NC(=O)OCc1ccccc1. The van der Waals surface area contributed by atoms with Gasteiger partial charge in [-0.05, 0) is 68.2 Å². The molecule has 0 heterocycles. The molecule has 4 rings (SSSR count). The lowest BCUT2D eigenvalue weighted by atomic mass is 9.99. The second-order valence-electron chi connectivity index (χ2n) is 13.3. The van der Waals surface area contributed by atoms with Crippen molar-refractivity contribution in [1.82, 2.24) is 16.0 Å². The summed E-state index contributed by atoms with van der Waals surface area (Å²) >= 11 is 0. The number of ketones is 1. The molecule has 2 atom stereocenters. The fourth-order valence-electron chi connectivity index (χ4n) is 6.37. The topological polar surface area (TPSA) is 140 Å². The van der Waals surface area contributed by atoms with Gasteiger partial charge in [-0.1, -0.05) is 105 Å². The monoisotopic (exact) mass is 697 g/mol. The van der Waals surface area contributed by atoms with Gasteiger partial charge in [-0.25, -0.2) is 9.59 Å². The molecule has 0 bridgehead atoms. The van der Waals surface area contributed by atoms with Crippen LogP contribution < -0.4 is 16.0 Å². The Morgan fingerprint density at radius 3 is 1.98 bits per heavy atom. The summed E-state index contributed by atoms with van der Waals surface area (Å²) in [7, 11) is 0. The summed E-state index contributed by atoms with van der Waals surface area (Å²) in [6.07, 6.45) is 7.04. The van der Waals surface area contributed by atoms with E-state index >= 15 is 0 Å². The van der Waals surface area contributed by atoms with E-state index in [1.807, 2.05) is 66.7 Å². The van der Waals surface area contributed by atoms with Crippen LogP contribution in [0.3, 0.4) is 0 Å². The maximum atomic E-state index is 13.8. The van der Waals surface area contributed by atoms with Gasteiger partial charge in [0.1, 0.15) is 12.6 Å². The molecule has 1 saturated carbocycles. The van der Waals surface area contributed by atoms with Gasteiger partial charge in [-0.2, -0.15) is 0 Å². The summed E-state index contributed by atoms with van der Waals surface area (Å²) in [4.78, 5) is 66.0. The molecule has 3 aromatic rings. The van der Waals surface area contributed by atoms with Crippen LogP contribution >= 0.6 is 0 Å². The van der Waals surface area contributed by atoms with E-state index in [1.165, 1.54) is 12.8 Å². The predicted molar refractivity (Wildman–Crippen MR) is 195 cm³/mol. The van der Waals surface area contributed by atoms with Crippen molar-refractivity contribution in [3.8, 4) is 0 Å². The van der Waals surface area contributed by atoms with Crippen molar-refractivity contribution in [3.05, 3.63) is 107 Å². The van der Waals surface area contributed by atoms with Crippen LogP contribution in [-0.4, -0.2) is 54.9 Å². The van der Waals surface area contributed by atoms with Crippen molar-refractivity contribution >= 4 is 29.7 Å². The number of rotatable bonds is 17. The van der Waals surface area contributed by atoms with E-state index in [2.05, 4.69) is 16.0 Å². The lowest BCUT2D eigenvalue weighted by Crippen LogP contribution is -2.53. The number of nitrogens with one attached hydrogen (secondary N) is 3. The minimum Gasteiger partial charge on any atom is -0.454 e. The van der Waals surface area contributed by atoms with Crippen LogP contribution in [0.1, 0.15) is 90.4 Å². The van der Waals surface area contributed by atoms with Crippen LogP contribution in [0.4, 0.5) is 4.79 Å². The molecule has 0 radical (unpaired) electrons. The lowest BCUT2D eigenvalue weighted by molar-refractivity contribution is -0.130. The third-order valence-corrected chi connectivity index (χ3v) is 9.28. The van der Waals surface area contributed by atoms with Gasteiger partial charge in [0.15, 0.2) is 12.4 Å². The molecule has 51 heavy (non-hydrogen) atoms. The third-order valence-electron chi connectivity index (χ3n) is 9.28. The smallest absolute Gasteiger partial charge is 0.408 e. The van der Waals surface area contributed by atoms with Crippen molar-refractivity contribution in [2.45, 2.75) is 96.7 Å². The summed E-state index contributed by atoms with van der Waals surface area (Å²) in [6.45, 7) is 3.54. The zero-order valence-electron chi connectivity index (χ0n) is 29.8. The summed E-state index contributed by atoms with van der Waals surface area (Å²) in [5.74, 6) is -1.55. The summed E-state index contributed by atoms with van der Waals surface area (Å²) in [6, 6.07) is 21.8. The normalized spacial score (nSPS) is 14.3. The van der Waals surface area contributed by atoms with Gasteiger partial charge in [-0.15, -0.1) is 0 Å². The average Bonchev–Trinajstić information content (AvgIpc) is 3.43. The first-order valence-corrected chi connectivity index (χ1v) is 18.1. The summed E-state index contributed by atoms with van der Waals surface area (Å²) < 4.78 is 10.9. The van der Waals surface area contributed by atoms with Crippen LogP contribution in [0.2, 0.25) is 0 Å². The van der Waals surface area contributed by atoms with Gasteiger partial charge < -0.3 is 25.4 Å². The number of alkyl carbamates (subject to hydrolysis) is 1. The Morgan fingerprint density at radius 2 is 1.33 bits per heavy atom. The van der Waals surface area contributed by atoms with Crippen molar-refractivity contribution in [2.24, 2.45) is 5.92 Å². The van der Waals surface area contributed by atoms with Gasteiger partial charge in [0.25, 0.3) is 0 Å². The fraction of sp³-hybridized carbons (Fsp3) is 0.439. The number of unbranched alkanes of at least 4 members (excludes halogenated alkanes) is 1. The van der Waals surface area contributed by atoms with E-state index in [9.17, 15) is 24.0 Å². The first-order valence-electron chi connectivity index (χ1n) is 18.1. The van der Waals surface area contributed by atoms with Crippen LogP contribution in [0.25, 0.3) is 0 Å². The number of carbonyl (C=O) groups is 5. The number of Topliss-reactive ketones (excluding diaryl/α,β-unsaturated/α-hetero) is 1. The predicted octanol–water partition coefficient (Wildman–Crippen LogP) is 6.31. The first-order chi connectivity index (χ1) is 24.7. The second kappa shape index (κ2) is 20.6. The number of amides is 3. The largest absolute Gasteiger partial charge is 0.454 e. The number of esters is 1. The van der Waals surface area contributed by atoms with Crippen molar-refractivity contribution in [2.75, 3.05) is 13.2 Å². The number of benzene rings is 3. The molecule has 0 unspecified atom stereocenters. The van der Waals surface area contributed by atoms with E-state index in [-0.39, 0.29) is 31.3 Å². The van der Waals surface area contributed by atoms with Crippen LogP contribution in [0, 0.1) is 19.8 Å².